The van der Waals surface area contributed by atoms with Crippen molar-refractivity contribution in [3.63, 3.8) is 0 Å². The first-order valence-corrected chi connectivity index (χ1v) is 9.92. The molecule has 0 radical (unpaired) electrons. The predicted molar refractivity (Wildman–Crippen MR) is 111 cm³/mol. The maximum Gasteiger partial charge on any atom is 0.407 e. The number of hydrogen-bond acceptors (Lipinski definition) is 7. The number of rotatable bonds is 6. The Balaban J connectivity index is 1.72. The number of hydrogen-bond donors (Lipinski definition) is 3. The summed E-state index contributed by atoms with van der Waals surface area (Å²) in [5, 5.41) is 14.1. The molecule has 1 fully saturated rings. The van der Waals surface area contributed by atoms with Gasteiger partial charge in [0, 0.05) is 30.3 Å². The smallest absolute Gasteiger partial charge is 0.407 e. The van der Waals surface area contributed by atoms with E-state index in [0.717, 1.165) is 18.8 Å². The van der Waals surface area contributed by atoms with Gasteiger partial charge in [0.15, 0.2) is 5.82 Å². The standard InChI is InChI=1S/C19H27ClN6O3/c1-19(2,3)29-18(27)21-12-15(22-14-6-4-13(20)5-7-14)16-23-17(25-24-16)26-8-10-28-11-9-26/h4-7,15,22H,8-12H2,1-3H3,(H,21,27)(H,23,24,25)/t15-/m1/s1. The fourth-order valence-electron chi connectivity index (χ4n) is 2.79. The molecule has 1 aliphatic rings. The molecule has 10 heteroatoms. The van der Waals surface area contributed by atoms with Crippen LogP contribution in [0, 0.1) is 0 Å². The zero-order chi connectivity index (χ0) is 20.9. The number of morpholine rings is 1. The fraction of sp³-hybridized carbons (Fsp3) is 0.526. The molecule has 2 aromatic rings. The van der Waals surface area contributed by atoms with E-state index in [9.17, 15) is 4.79 Å². The van der Waals surface area contributed by atoms with E-state index in [4.69, 9.17) is 21.1 Å². The summed E-state index contributed by atoms with van der Waals surface area (Å²) < 4.78 is 10.7. The van der Waals surface area contributed by atoms with Crippen LogP contribution in [0.5, 0.6) is 0 Å². The van der Waals surface area contributed by atoms with Crippen LogP contribution in [0.1, 0.15) is 32.6 Å². The summed E-state index contributed by atoms with van der Waals surface area (Å²) in [7, 11) is 0. The zero-order valence-corrected chi connectivity index (χ0v) is 17.6. The molecule has 158 valence electrons. The van der Waals surface area contributed by atoms with Crippen LogP contribution in [0.3, 0.4) is 0 Å². The number of nitrogens with zero attached hydrogens (tertiary/aromatic N) is 3. The van der Waals surface area contributed by atoms with Gasteiger partial charge in [0.05, 0.1) is 13.2 Å². The van der Waals surface area contributed by atoms with Gasteiger partial charge in [-0.3, -0.25) is 5.10 Å². The maximum absolute atomic E-state index is 12.1. The van der Waals surface area contributed by atoms with Crippen LogP contribution in [0.15, 0.2) is 24.3 Å². The molecule has 29 heavy (non-hydrogen) atoms. The summed E-state index contributed by atoms with van der Waals surface area (Å²) in [4.78, 5) is 18.8. The number of carbonyl (C=O) groups is 1. The molecule has 3 N–H and O–H groups in total. The molecule has 1 aromatic heterocycles. The van der Waals surface area contributed by atoms with Crippen LogP contribution in [0.25, 0.3) is 0 Å². The van der Waals surface area contributed by atoms with Crippen molar-refractivity contribution in [2.24, 2.45) is 0 Å². The molecule has 3 rings (SSSR count). The molecule has 1 aromatic carbocycles. The van der Waals surface area contributed by atoms with Gasteiger partial charge in [0.25, 0.3) is 0 Å². The number of nitrogens with one attached hydrogen (secondary N) is 3. The lowest BCUT2D eigenvalue weighted by Gasteiger charge is -2.25. The number of benzene rings is 1. The molecule has 0 aliphatic carbocycles. The Bertz CT molecular complexity index is 799. The van der Waals surface area contributed by atoms with Crippen molar-refractivity contribution in [2.45, 2.75) is 32.4 Å². The van der Waals surface area contributed by atoms with Crippen molar-refractivity contribution in [3.05, 3.63) is 35.1 Å². The van der Waals surface area contributed by atoms with Crippen molar-refractivity contribution < 1.29 is 14.3 Å². The minimum Gasteiger partial charge on any atom is -0.444 e. The molecular formula is C19H27ClN6O3. The van der Waals surface area contributed by atoms with Gasteiger partial charge in [0.2, 0.25) is 5.95 Å². The average Bonchev–Trinajstić information content (AvgIpc) is 3.16. The second-order valence-electron chi connectivity index (χ2n) is 7.71. The van der Waals surface area contributed by atoms with Crippen molar-refractivity contribution in [1.29, 1.82) is 0 Å². The van der Waals surface area contributed by atoms with Crippen molar-refractivity contribution in [2.75, 3.05) is 43.1 Å². The van der Waals surface area contributed by atoms with E-state index >= 15 is 0 Å². The van der Waals surface area contributed by atoms with E-state index < -0.39 is 11.7 Å². The van der Waals surface area contributed by atoms with Gasteiger partial charge in [-0.15, -0.1) is 5.10 Å². The fourth-order valence-corrected chi connectivity index (χ4v) is 2.91. The van der Waals surface area contributed by atoms with E-state index in [0.29, 0.717) is 30.0 Å². The molecule has 9 nitrogen and oxygen atoms in total. The summed E-state index contributed by atoms with van der Waals surface area (Å²) in [6.45, 7) is 8.50. The summed E-state index contributed by atoms with van der Waals surface area (Å²) in [5.74, 6) is 1.22. The Labute approximate surface area is 175 Å². The van der Waals surface area contributed by atoms with E-state index in [-0.39, 0.29) is 12.6 Å². The van der Waals surface area contributed by atoms with E-state index in [2.05, 4.69) is 30.7 Å². The van der Waals surface area contributed by atoms with Gasteiger partial charge in [-0.1, -0.05) is 11.6 Å². The lowest BCUT2D eigenvalue weighted by Crippen LogP contribution is -2.37. The third kappa shape index (κ3) is 6.50. The van der Waals surface area contributed by atoms with Gasteiger partial charge in [-0.2, -0.15) is 4.98 Å². The van der Waals surface area contributed by atoms with E-state index in [1.165, 1.54) is 0 Å². The largest absolute Gasteiger partial charge is 0.444 e. The molecule has 0 saturated carbocycles. The highest BCUT2D eigenvalue weighted by Gasteiger charge is 2.22. The molecule has 1 saturated heterocycles. The van der Waals surface area contributed by atoms with Crippen molar-refractivity contribution >= 4 is 29.3 Å². The second-order valence-corrected chi connectivity index (χ2v) is 8.14. The third-order valence-electron chi connectivity index (χ3n) is 4.15. The van der Waals surface area contributed by atoms with E-state index in [1.54, 1.807) is 12.1 Å². The number of carbonyl (C=O) groups excluding carboxylic acids is 1. The van der Waals surface area contributed by atoms with Gasteiger partial charge in [-0.05, 0) is 45.0 Å². The number of halogens is 1. The topological polar surface area (TPSA) is 104 Å². The molecule has 0 bridgehead atoms. The first-order valence-electron chi connectivity index (χ1n) is 9.54. The molecule has 0 unspecified atom stereocenters. The predicted octanol–water partition coefficient (Wildman–Crippen LogP) is 2.97. The maximum atomic E-state index is 12.1. The van der Waals surface area contributed by atoms with Crippen LogP contribution in [-0.2, 0) is 9.47 Å². The summed E-state index contributed by atoms with van der Waals surface area (Å²) >= 11 is 5.97. The normalized spacial score (nSPS) is 15.7. The number of ether oxygens (including phenoxy) is 2. The van der Waals surface area contributed by atoms with Crippen LogP contribution in [-0.4, -0.2) is 59.7 Å². The monoisotopic (exact) mass is 422 g/mol. The highest BCUT2D eigenvalue weighted by atomic mass is 35.5. The van der Waals surface area contributed by atoms with Crippen LogP contribution in [0.2, 0.25) is 5.02 Å². The summed E-state index contributed by atoms with van der Waals surface area (Å²) in [5.41, 5.74) is 0.272. The second kappa shape index (κ2) is 9.32. The lowest BCUT2D eigenvalue weighted by molar-refractivity contribution is 0.0525. The van der Waals surface area contributed by atoms with Crippen molar-refractivity contribution in [1.82, 2.24) is 20.5 Å². The average molecular weight is 423 g/mol. The number of alkyl carbamates (subject to hydrolysis) is 1. The summed E-state index contributed by atoms with van der Waals surface area (Å²) in [6.07, 6.45) is -0.492. The van der Waals surface area contributed by atoms with E-state index in [1.807, 2.05) is 32.9 Å². The number of aromatic amines is 1. The first kappa shape index (κ1) is 21.2. The van der Waals surface area contributed by atoms with Crippen molar-refractivity contribution in [3.8, 4) is 0 Å². The van der Waals surface area contributed by atoms with Crippen LogP contribution < -0.4 is 15.5 Å². The molecule has 1 atom stereocenters. The quantitative estimate of drug-likeness (QED) is 0.657. The minimum atomic E-state index is -0.571. The SMILES string of the molecule is CC(C)(C)OC(=O)NC[C@@H](Nc1ccc(Cl)cc1)c1nc(N2CCOCC2)n[nH]1. The van der Waals surface area contributed by atoms with Crippen LogP contribution in [0.4, 0.5) is 16.4 Å². The number of H-pyrrole nitrogens is 1. The molecule has 1 aliphatic heterocycles. The molecular weight excluding hydrogens is 396 g/mol. The molecule has 2 heterocycles. The molecule has 0 spiro atoms. The minimum absolute atomic E-state index is 0.259. The lowest BCUT2D eigenvalue weighted by atomic mass is 10.2. The Morgan fingerprint density at radius 3 is 2.66 bits per heavy atom. The van der Waals surface area contributed by atoms with Gasteiger partial charge < -0.3 is 25.0 Å². The Kier molecular flexibility index (Phi) is 6.81. The van der Waals surface area contributed by atoms with Gasteiger partial charge in [0.1, 0.15) is 11.6 Å². The number of aromatic nitrogens is 3. The highest BCUT2D eigenvalue weighted by Crippen LogP contribution is 2.21. The van der Waals surface area contributed by atoms with Crippen LogP contribution >= 0.6 is 11.6 Å². The molecule has 1 amide bonds. The Morgan fingerprint density at radius 1 is 1.31 bits per heavy atom. The van der Waals surface area contributed by atoms with Gasteiger partial charge >= 0.3 is 6.09 Å². The zero-order valence-electron chi connectivity index (χ0n) is 16.9. The highest BCUT2D eigenvalue weighted by molar-refractivity contribution is 6.30. The third-order valence-corrected chi connectivity index (χ3v) is 4.40. The number of anilines is 2. The summed E-state index contributed by atoms with van der Waals surface area (Å²) in [6, 6.07) is 6.97. The number of amides is 1. The Hall–Kier alpha value is -2.52. The Morgan fingerprint density at radius 2 is 2.00 bits per heavy atom. The first-order chi connectivity index (χ1) is 13.8. The van der Waals surface area contributed by atoms with Gasteiger partial charge in [-0.25, -0.2) is 4.79 Å².